The Morgan fingerprint density at radius 2 is 1.77 bits per heavy atom. The maximum atomic E-state index is 12.0. The first-order valence-corrected chi connectivity index (χ1v) is 11.1. The Morgan fingerprint density at radius 1 is 1.06 bits per heavy atom. The molecule has 1 aromatic carbocycles. The highest BCUT2D eigenvalue weighted by Gasteiger charge is 2.12. The second kappa shape index (κ2) is 12.8. The summed E-state index contributed by atoms with van der Waals surface area (Å²) in [5, 5.41) is 9.54. The Bertz CT molecular complexity index is 790. The van der Waals surface area contributed by atoms with Gasteiger partial charge < -0.3 is 20.4 Å². The third kappa shape index (κ3) is 8.45. The minimum absolute atomic E-state index is 0.261. The van der Waals surface area contributed by atoms with Crippen LogP contribution in [0.3, 0.4) is 0 Å². The predicted octanol–water partition coefficient (Wildman–Crippen LogP) is 4.10. The molecule has 0 unspecified atom stereocenters. The van der Waals surface area contributed by atoms with Crippen LogP contribution in [0, 0.1) is 0 Å². The summed E-state index contributed by atoms with van der Waals surface area (Å²) < 4.78 is 5.11. The van der Waals surface area contributed by atoms with Crippen LogP contribution in [0.5, 0.6) is 0 Å². The normalized spacial score (nSPS) is 11.9. The number of guanidine groups is 1. The van der Waals surface area contributed by atoms with Crippen molar-refractivity contribution in [2.45, 2.75) is 59.7 Å². The van der Waals surface area contributed by atoms with Crippen LogP contribution < -0.4 is 16.0 Å². The molecule has 0 atom stereocenters. The zero-order valence-electron chi connectivity index (χ0n) is 19.4. The summed E-state index contributed by atoms with van der Waals surface area (Å²) >= 11 is 0. The number of furan rings is 1. The number of aliphatic imine (C=N–C) groups is 1. The SMILES string of the molecule is CCNC(=NCc1ccc(NC(=O)c2ccco2)cc1)NCCCN(C(C)C)C(C)C. The van der Waals surface area contributed by atoms with E-state index in [1.165, 1.54) is 6.26 Å². The van der Waals surface area contributed by atoms with Gasteiger partial charge in [0, 0.05) is 37.4 Å². The first kappa shape index (κ1) is 24.5. The number of hydrogen-bond acceptors (Lipinski definition) is 4. The molecule has 7 heteroatoms. The van der Waals surface area contributed by atoms with Crippen LogP contribution in [0.15, 0.2) is 52.1 Å². The van der Waals surface area contributed by atoms with E-state index < -0.39 is 0 Å². The van der Waals surface area contributed by atoms with Gasteiger partial charge in [-0.25, -0.2) is 4.99 Å². The number of rotatable bonds is 11. The molecule has 0 aliphatic heterocycles. The number of carbonyl (C=O) groups is 1. The number of benzene rings is 1. The molecule has 3 N–H and O–H groups in total. The summed E-state index contributed by atoms with van der Waals surface area (Å²) in [6.07, 6.45) is 2.54. The van der Waals surface area contributed by atoms with Gasteiger partial charge in [-0.05, 0) is 70.9 Å². The molecule has 0 saturated heterocycles. The van der Waals surface area contributed by atoms with Gasteiger partial charge in [0.2, 0.25) is 0 Å². The highest BCUT2D eigenvalue weighted by Crippen LogP contribution is 2.12. The summed E-state index contributed by atoms with van der Waals surface area (Å²) in [6, 6.07) is 12.1. The third-order valence-corrected chi connectivity index (χ3v) is 4.93. The van der Waals surface area contributed by atoms with Gasteiger partial charge in [-0.3, -0.25) is 9.69 Å². The minimum Gasteiger partial charge on any atom is -0.459 e. The number of hydrogen-bond donors (Lipinski definition) is 3. The molecule has 1 heterocycles. The standard InChI is InChI=1S/C24H37N5O2/c1-6-25-24(26-14-8-15-29(18(2)3)19(4)5)27-17-20-10-12-21(13-11-20)28-23(30)22-9-7-16-31-22/h7,9-13,16,18-19H,6,8,14-15,17H2,1-5H3,(H,28,30)(H2,25,26,27). The fourth-order valence-electron chi connectivity index (χ4n) is 3.39. The molecule has 0 saturated carbocycles. The molecule has 0 fully saturated rings. The van der Waals surface area contributed by atoms with Gasteiger partial charge in [-0.2, -0.15) is 0 Å². The molecular weight excluding hydrogens is 390 g/mol. The monoisotopic (exact) mass is 427 g/mol. The van der Waals surface area contributed by atoms with E-state index in [2.05, 4.69) is 60.5 Å². The fourth-order valence-corrected chi connectivity index (χ4v) is 3.39. The van der Waals surface area contributed by atoms with Gasteiger partial charge in [0.05, 0.1) is 12.8 Å². The predicted molar refractivity (Wildman–Crippen MR) is 128 cm³/mol. The van der Waals surface area contributed by atoms with Crippen LogP contribution in [0.4, 0.5) is 5.69 Å². The molecule has 31 heavy (non-hydrogen) atoms. The van der Waals surface area contributed by atoms with E-state index in [0.717, 1.165) is 43.3 Å². The van der Waals surface area contributed by atoms with Crippen molar-refractivity contribution in [3.8, 4) is 0 Å². The number of carbonyl (C=O) groups excluding carboxylic acids is 1. The maximum absolute atomic E-state index is 12.0. The smallest absolute Gasteiger partial charge is 0.291 e. The van der Waals surface area contributed by atoms with Crippen LogP contribution in [0.2, 0.25) is 0 Å². The van der Waals surface area contributed by atoms with Gasteiger partial charge in [0.1, 0.15) is 0 Å². The van der Waals surface area contributed by atoms with E-state index in [1.54, 1.807) is 12.1 Å². The van der Waals surface area contributed by atoms with Gasteiger partial charge in [0.15, 0.2) is 11.7 Å². The first-order chi connectivity index (χ1) is 14.9. The quantitative estimate of drug-likeness (QED) is 0.286. The molecule has 1 amide bonds. The topological polar surface area (TPSA) is 81.9 Å². The Hall–Kier alpha value is -2.80. The molecule has 170 valence electrons. The molecule has 0 spiro atoms. The van der Waals surface area contributed by atoms with E-state index in [4.69, 9.17) is 4.42 Å². The largest absolute Gasteiger partial charge is 0.459 e. The average molecular weight is 428 g/mol. The molecule has 2 aromatic rings. The van der Waals surface area contributed by atoms with Crippen molar-refractivity contribution in [2.24, 2.45) is 4.99 Å². The Balaban J connectivity index is 1.83. The molecule has 0 aliphatic carbocycles. The lowest BCUT2D eigenvalue weighted by Gasteiger charge is -2.30. The lowest BCUT2D eigenvalue weighted by atomic mass is 10.2. The molecule has 0 radical (unpaired) electrons. The number of anilines is 1. The van der Waals surface area contributed by atoms with Gasteiger partial charge in [-0.15, -0.1) is 0 Å². The zero-order valence-corrected chi connectivity index (χ0v) is 19.4. The summed E-state index contributed by atoms with van der Waals surface area (Å²) in [4.78, 5) is 19.2. The van der Waals surface area contributed by atoms with Crippen molar-refractivity contribution in [2.75, 3.05) is 25.0 Å². The van der Waals surface area contributed by atoms with Crippen molar-refractivity contribution in [1.82, 2.24) is 15.5 Å². The summed E-state index contributed by atoms with van der Waals surface area (Å²) in [5.74, 6) is 0.848. The van der Waals surface area contributed by atoms with E-state index in [9.17, 15) is 4.79 Å². The third-order valence-electron chi connectivity index (χ3n) is 4.93. The molecule has 7 nitrogen and oxygen atoms in total. The highest BCUT2D eigenvalue weighted by atomic mass is 16.3. The van der Waals surface area contributed by atoms with Gasteiger partial charge in [-0.1, -0.05) is 12.1 Å². The summed E-state index contributed by atoms with van der Waals surface area (Å²) in [6.45, 7) is 14.3. The van der Waals surface area contributed by atoms with Crippen molar-refractivity contribution < 1.29 is 9.21 Å². The van der Waals surface area contributed by atoms with Crippen LogP contribution in [0.1, 0.15) is 57.2 Å². The van der Waals surface area contributed by atoms with Crippen LogP contribution >= 0.6 is 0 Å². The fraction of sp³-hybridized carbons (Fsp3) is 0.500. The summed E-state index contributed by atoms with van der Waals surface area (Å²) in [5.41, 5.74) is 1.79. The maximum Gasteiger partial charge on any atom is 0.291 e. The molecule has 0 aliphatic rings. The van der Waals surface area contributed by atoms with Crippen molar-refractivity contribution in [1.29, 1.82) is 0 Å². The summed E-state index contributed by atoms with van der Waals surface area (Å²) in [7, 11) is 0. The molecule has 1 aromatic heterocycles. The van der Waals surface area contributed by atoms with Crippen molar-refractivity contribution in [3.63, 3.8) is 0 Å². The van der Waals surface area contributed by atoms with E-state index in [-0.39, 0.29) is 5.91 Å². The second-order valence-corrected chi connectivity index (χ2v) is 8.03. The molecule has 2 rings (SSSR count). The van der Waals surface area contributed by atoms with Gasteiger partial charge in [0.25, 0.3) is 5.91 Å². The molecular formula is C24H37N5O2. The minimum atomic E-state index is -0.261. The van der Waals surface area contributed by atoms with Crippen molar-refractivity contribution >= 4 is 17.6 Å². The number of nitrogens with one attached hydrogen (secondary N) is 3. The van der Waals surface area contributed by atoms with E-state index in [1.807, 2.05) is 24.3 Å². The first-order valence-electron chi connectivity index (χ1n) is 11.1. The van der Waals surface area contributed by atoms with E-state index in [0.29, 0.717) is 24.4 Å². The van der Waals surface area contributed by atoms with Crippen LogP contribution in [0.25, 0.3) is 0 Å². The highest BCUT2D eigenvalue weighted by molar-refractivity contribution is 6.02. The Labute approximate surface area is 186 Å². The van der Waals surface area contributed by atoms with Crippen LogP contribution in [-0.4, -0.2) is 48.5 Å². The zero-order chi connectivity index (χ0) is 22.6. The Morgan fingerprint density at radius 3 is 2.35 bits per heavy atom. The van der Waals surface area contributed by atoms with Crippen LogP contribution in [-0.2, 0) is 6.54 Å². The van der Waals surface area contributed by atoms with Gasteiger partial charge >= 0.3 is 0 Å². The second-order valence-electron chi connectivity index (χ2n) is 8.03. The van der Waals surface area contributed by atoms with Crippen molar-refractivity contribution in [3.05, 3.63) is 54.0 Å². The lowest BCUT2D eigenvalue weighted by molar-refractivity contribution is 0.0996. The lowest BCUT2D eigenvalue weighted by Crippen LogP contribution is -2.41. The average Bonchev–Trinajstić information content (AvgIpc) is 3.27. The number of amides is 1. The Kier molecular flexibility index (Phi) is 10.1. The molecule has 0 bridgehead atoms. The number of nitrogens with zero attached hydrogens (tertiary/aromatic N) is 2. The van der Waals surface area contributed by atoms with E-state index >= 15 is 0 Å².